The van der Waals surface area contributed by atoms with Crippen LogP contribution in [-0.4, -0.2) is 20.9 Å². The third-order valence-corrected chi connectivity index (χ3v) is 1.94. The fraction of sp³-hybridized carbons (Fsp3) is 0.0909. The van der Waals surface area contributed by atoms with Gasteiger partial charge in [-0.3, -0.25) is 15.1 Å². The molecule has 0 aliphatic carbocycles. The molecule has 5 nitrogen and oxygen atoms in total. The zero-order valence-corrected chi connectivity index (χ0v) is 8.71. The molecular weight excluding hydrogens is 204 g/mol. The Kier molecular flexibility index (Phi) is 2.86. The Balaban J connectivity index is 2.14. The van der Waals surface area contributed by atoms with Crippen LogP contribution in [0.25, 0.3) is 0 Å². The molecule has 0 spiro atoms. The van der Waals surface area contributed by atoms with Crippen LogP contribution < -0.4 is 5.32 Å². The van der Waals surface area contributed by atoms with Gasteiger partial charge in [-0.2, -0.15) is 0 Å². The summed E-state index contributed by atoms with van der Waals surface area (Å²) in [6.07, 6.45) is 4.70. The van der Waals surface area contributed by atoms with Crippen LogP contribution in [0, 0.1) is 6.92 Å². The zero-order valence-electron chi connectivity index (χ0n) is 8.71. The first-order chi connectivity index (χ1) is 7.75. The Labute approximate surface area is 92.6 Å². The van der Waals surface area contributed by atoms with Crippen molar-refractivity contribution in [1.82, 2.24) is 15.0 Å². The lowest BCUT2D eigenvalue weighted by molar-refractivity contribution is 0.102. The van der Waals surface area contributed by atoms with Gasteiger partial charge in [0.1, 0.15) is 0 Å². The van der Waals surface area contributed by atoms with Crippen molar-refractivity contribution in [3.63, 3.8) is 0 Å². The lowest BCUT2D eigenvalue weighted by atomic mass is 10.3. The van der Waals surface area contributed by atoms with E-state index in [2.05, 4.69) is 20.3 Å². The zero-order chi connectivity index (χ0) is 11.4. The standard InChI is InChI=1S/C11H10N4O/c1-8-4-6-13-11(14-8)15-10(16)9-3-2-5-12-7-9/h2-7H,1H3,(H,13,14,15,16). The van der Waals surface area contributed by atoms with Gasteiger partial charge in [0.15, 0.2) is 0 Å². The molecule has 2 rings (SSSR count). The predicted octanol–water partition coefficient (Wildman–Crippen LogP) is 1.43. The third-order valence-electron chi connectivity index (χ3n) is 1.94. The maximum Gasteiger partial charge on any atom is 0.259 e. The van der Waals surface area contributed by atoms with Crippen molar-refractivity contribution < 1.29 is 4.79 Å². The molecule has 80 valence electrons. The number of anilines is 1. The molecule has 1 N–H and O–H groups in total. The van der Waals surface area contributed by atoms with E-state index >= 15 is 0 Å². The molecule has 1 amide bonds. The fourth-order valence-corrected chi connectivity index (χ4v) is 1.18. The highest BCUT2D eigenvalue weighted by Crippen LogP contribution is 2.03. The summed E-state index contributed by atoms with van der Waals surface area (Å²) in [4.78, 5) is 23.6. The van der Waals surface area contributed by atoms with Gasteiger partial charge in [0.2, 0.25) is 5.95 Å². The van der Waals surface area contributed by atoms with Crippen molar-refractivity contribution in [2.24, 2.45) is 0 Å². The maximum atomic E-state index is 11.7. The molecular formula is C11H10N4O. The number of rotatable bonds is 2. The van der Waals surface area contributed by atoms with E-state index in [4.69, 9.17) is 0 Å². The Bertz CT molecular complexity index is 498. The number of nitrogens with zero attached hydrogens (tertiary/aromatic N) is 3. The number of aryl methyl sites for hydroxylation is 1. The number of pyridine rings is 1. The first-order valence-electron chi connectivity index (χ1n) is 4.77. The Morgan fingerprint density at radius 1 is 1.31 bits per heavy atom. The lowest BCUT2D eigenvalue weighted by Crippen LogP contribution is -2.14. The summed E-state index contributed by atoms with van der Waals surface area (Å²) in [5.41, 5.74) is 1.28. The number of nitrogens with one attached hydrogen (secondary N) is 1. The number of carbonyl (C=O) groups is 1. The predicted molar refractivity (Wildman–Crippen MR) is 59.0 cm³/mol. The summed E-state index contributed by atoms with van der Waals surface area (Å²) in [7, 11) is 0. The molecule has 2 aromatic rings. The minimum absolute atomic E-state index is 0.265. The molecule has 2 heterocycles. The van der Waals surface area contributed by atoms with Crippen molar-refractivity contribution in [3.05, 3.63) is 48.0 Å². The molecule has 2 aromatic heterocycles. The van der Waals surface area contributed by atoms with E-state index in [0.717, 1.165) is 5.69 Å². The second kappa shape index (κ2) is 4.48. The molecule has 0 aliphatic rings. The Morgan fingerprint density at radius 3 is 2.88 bits per heavy atom. The molecule has 0 saturated carbocycles. The molecule has 0 atom stereocenters. The topological polar surface area (TPSA) is 67.8 Å². The molecule has 16 heavy (non-hydrogen) atoms. The van der Waals surface area contributed by atoms with Gasteiger partial charge in [-0.05, 0) is 25.1 Å². The largest absolute Gasteiger partial charge is 0.290 e. The van der Waals surface area contributed by atoms with E-state index in [-0.39, 0.29) is 5.91 Å². The maximum absolute atomic E-state index is 11.7. The number of carbonyl (C=O) groups excluding carboxylic acids is 1. The first kappa shape index (κ1) is 10.2. The van der Waals surface area contributed by atoms with Crippen LogP contribution in [0.5, 0.6) is 0 Å². The minimum Gasteiger partial charge on any atom is -0.290 e. The molecule has 0 saturated heterocycles. The van der Waals surface area contributed by atoms with Crippen molar-refractivity contribution in [2.45, 2.75) is 6.92 Å². The number of aromatic nitrogens is 3. The minimum atomic E-state index is -0.265. The fourth-order valence-electron chi connectivity index (χ4n) is 1.18. The van der Waals surface area contributed by atoms with E-state index in [9.17, 15) is 4.79 Å². The van der Waals surface area contributed by atoms with Crippen LogP contribution in [-0.2, 0) is 0 Å². The molecule has 0 unspecified atom stereocenters. The smallest absolute Gasteiger partial charge is 0.259 e. The second-order valence-corrected chi connectivity index (χ2v) is 3.22. The Morgan fingerprint density at radius 2 is 2.19 bits per heavy atom. The van der Waals surface area contributed by atoms with Gasteiger partial charge in [0.05, 0.1) is 5.56 Å². The van der Waals surface area contributed by atoms with Gasteiger partial charge in [-0.15, -0.1) is 0 Å². The van der Waals surface area contributed by atoms with Crippen LogP contribution >= 0.6 is 0 Å². The van der Waals surface area contributed by atoms with Gasteiger partial charge < -0.3 is 0 Å². The number of hydrogen-bond acceptors (Lipinski definition) is 4. The molecule has 0 radical (unpaired) electrons. The Hall–Kier alpha value is -2.30. The van der Waals surface area contributed by atoms with Gasteiger partial charge in [-0.25, -0.2) is 9.97 Å². The summed E-state index contributed by atoms with van der Waals surface area (Å²) < 4.78 is 0. The van der Waals surface area contributed by atoms with Crippen LogP contribution in [0.1, 0.15) is 16.1 Å². The average molecular weight is 214 g/mol. The second-order valence-electron chi connectivity index (χ2n) is 3.22. The number of hydrogen-bond donors (Lipinski definition) is 1. The highest BCUT2D eigenvalue weighted by Gasteiger charge is 2.06. The monoisotopic (exact) mass is 214 g/mol. The summed E-state index contributed by atoms with van der Waals surface area (Å²) in [5.74, 6) is 0.0348. The molecule has 0 bridgehead atoms. The van der Waals surface area contributed by atoms with Crippen molar-refractivity contribution >= 4 is 11.9 Å². The van der Waals surface area contributed by atoms with Gasteiger partial charge in [0.25, 0.3) is 5.91 Å². The van der Waals surface area contributed by atoms with E-state index in [1.165, 1.54) is 6.20 Å². The van der Waals surface area contributed by atoms with Crippen LogP contribution in [0.3, 0.4) is 0 Å². The quantitative estimate of drug-likeness (QED) is 0.821. The van der Waals surface area contributed by atoms with Crippen LogP contribution in [0.15, 0.2) is 36.8 Å². The molecule has 0 aromatic carbocycles. The summed E-state index contributed by atoms with van der Waals surface area (Å²) in [6, 6.07) is 5.14. The van der Waals surface area contributed by atoms with E-state index in [0.29, 0.717) is 11.5 Å². The van der Waals surface area contributed by atoms with Crippen molar-refractivity contribution in [3.8, 4) is 0 Å². The number of amides is 1. The first-order valence-corrected chi connectivity index (χ1v) is 4.77. The SMILES string of the molecule is Cc1ccnc(NC(=O)c2cccnc2)n1. The van der Waals surface area contributed by atoms with E-state index in [1.807, 2.05) is 6.92 Å². The molecule has 0 fully saturated rings. The van der Waals surface area contributed by atoms with E-state index < -0.39 is 0 Å². The third kappa shape index (κ3) is 2.38. The summed E-state index contributed by atoms with van der Waals surface area (Å²) >= 11 is 0. The summed E-state index contributed by atoms with van der Waals surface area (Å²) in [5, 5.41) is 2.60. The lowest BCUT2D eigenvalue weighted by Gasteiger charge is -2.03. The van der Waals surface area contributed by atoms with Gasteiger partial charge in [0, 0.05) is 24.3 Å². The highest BCUT2D eigenvalue weighted by molar-refractivity contribution is 6.03. The highest BCUT2D eigenvalue weighted by atomic mass is 16.1. The van der Waals surface area contributed by atoms with Crippen molar-refractivity contribution in [1.29, 1.82) is 0 Å². The van der Waals surface area contributed by atoms with Gasteiger partial charge >= 0.3 is 0 Å². The molecule has 0 aliphatic heterocycles. The van der Waals surface area contributed by atoms with Gasteiger partial charge in [-0.1, -0.05) is 0 Å². The van der Waals surface area contributed by atoms with Crippen LogP contribution in [0.4, 0.5) is 5.95 Å². The van der Waals surface area contributed by atoms with E-state index in [1.54, 1.807) is 30.6 Å². The normalized spacial score (nSPS) is 9.81. The molecule has 5 heteroatoms. The average Bonchev–Trinajstić information content (AvgIpc) is 2.30. The van der Waals surface area contributed by atoms with Crippen LogP contribution in [0.2, 0.25) is 0 Å². The van der Waals surface area contributed by atoms with Crippen molar-refractivity contribution in [2.75, 3.05) is 5.32 Å². The summed E-state index contributed by atoms with van der Waals surface area (Å²) in [6.45, 7) is 1.83.